The lowest BCUT2D eigenvalue weighted by Gasteiger charge is -2.09. The Hall–Kier alpha value is -2.42. The smallest absolute Gasteiger partial charge is 0.123 e. The Labute approximate surface area is 143 Å². The largest absolute Gasteiger partial charge is 0.233 e. The van der Waals surface area contributed by atoms with Crippen LogP contribution in [0.1, 0.15) is 51.3 Å². The monoisotopic (exact) mass is 322 g/mol. The highest BCUT2D eigenvalue weighted by Gasteiger charge is 2.18. The van der Waals surface area contributed by atoms with E-state index in [0.29, 0.717) is 0 Å². The number of fused-ring (bicyclic) bond motifs is 1. The summed E-state index contributed by atoms with van der Waals surface area (Å²) in [4.78, 5) is 0. The van der Waals surface area contributed by atoms with Gasteiger partial charge in [-0.05, 0) is 67.7 Å². The van der Waals surface area contributed by atoms with Crippen LogP contribution < -0.4 is 0 Å². The van der Waals surface area contributed by atoms with Gasteiger partial charge in [-0.2, -0.15) is 5.10 Å². The average Bonchev–Trinajstić information content (AvgIpc) is 2.89. The Bertz CT molecular complexity index is 820. The van der Waals surface area contributed by atoms with Crippen molar-refractivity contribution in [3.05, 3.63) is 70.8 Å². The minimum absolute atomic E-state index is 0.232. The van der Waals surface area contributed by atoms with E-state index in [2.05, 4.69) is 44.1 Å². The fourth-order valence-electron chi connectivity index (χ4n) is 3.12. The van der Waals surface area contributed by atoms with Crippen molar-refractivity contribution in [1.29, 1.82) is 0 Å². The predicted molar refractivity (Wildman–Crippen MR) is 98.4 cm³/mol. The quantitative estimate of drug-likeness (QED) is 0.680. The molecule has 3 rings (SSSR count). The first-order valence-electron chi connectivity index (χ1n) is 8.55. The normalized spacial score (nSPS) is 14.8. The Kier molecular flexibility index (Phi) is 4.79. The maximum absolute atomic E-state index is 13.2. The second-order valence-corrected chi connectivity index (χ2v) is 6.11. The second-order valence-electron chi connectivity index (χ2n) is 6.11. The van der Waals surface area contributed by atoms with Crippen molar-refractivity contribution in [2.24, 2.45) is 0 Å². The van der Waals surface area contributed by atoms with Crippen molar-refractivity contribution in [3.8, 4) is 5.69 Å². The summed E-state index contributed by atoms with van der Waals surface area (Å²) in [5, 5.41) is 4.58. The van der Waals surface area contributed by atoms with Crippen molar-refractivity contribution in [1.82, 2.24) is 9.78 Å². The molecule has 3 heteroatoms. The number of hydrogen-bond donors (Lipinski definition) is 0. The van der Waals surface area contributed by atoms with E-state index in [0.717, 1.165) is 36.2 Å². The van der Waals surface area contributed by atoms with E-state index in [4.69, 9.17) is 0 Å². The van der Waals surface area contributed by atoms with Crippen molar-refractivity contribution < 1.29 is 4.39 Å². The molecular formula is C21H23FN2. The molecule has 0 saturated carbocycles. The van der Waals surface area contributed by atoms with E-state index in [1.54, 1.807) is 12.1 Å². The van der Waals surface area contributed by atoms with Gasteiger partial charge in [0.05, 0.1) is 17.6 Å². The Morgan fingerprint density at radius 1 is 1.25 bits per heavy atom. The molecule has 0 saturated heterocycles. The maximum atomic E-state index is 13.2. The standard InChI is InChI=1S/C21H23FN2/c1-4-6-15(3)19-12-7-16(5-2)13-21-20(19)14-23-24(21)18-10-8-17(22)9-11-18/h6,8-14H,4-5,7H2,1-3H3. The maximum Gasteiger partial charge on any atom is 0.123 e. The highest BCUT2D eigenvalue weighted by Crippen LogP contribution is 2.33. The number of nitrogens with zero attached hydrogens (tertiary/aromatic N) is 2. The van der Waals surface area contributed by atoms with Gasteiger partial charge in [-0.1, -0.05) is 31.6 Å². The van der Waals surface area contributed by atoms with Gasteiger partial charge in [0.1, 0.15) is 5.82 Å². The predicted octanol–water partition coefficient (Wildman–Crippen LogP) is 5.95. The zero-order chi connectivity index (χ0) is 17.1. The van der Waals surface area contributed by atoms with Crippen LogP contribution in [0.3, 0.4) is 0 Å². The number of allylic oxidation sites excluding steroid dienone is 5. The van der Waals surface area contributed by atoms with Crippen LogP contribution in [0.5, 0.6) is 0 Å². The van der Waals surface area contributed by atoms with Gasteiger partial charge in [0.25, 0.3) is 0 Å². The minimum atomic E-state index is -0.232. The second kappa shape index (κ2) is 7.00. The fraction of sp³-hybridized carbons (Fsp3) is 0.286. The third-order valence-electron chi connectivity index (χ3n) is 4.47. The summed E-state index contributed by atoms with van der Waals surface area (Å²) in [6, 6.07) is 6.49. The molecule has 124 valence electrons. The van der Waals surface area contributed by atoms with Crippen LogP contribution in [0, 0.1) is 5.82 Å². The number of rotatable bonds is 4. The summed E-state index contributed by atoms with van der Waals surface area (Å²) in [7, 11) is 0. The zero-order valence-electron chi connectivity index (χ0n) is 14.5. The molecule has 0 bridgehead atoms. The number of aromatic nitrogens is 2. The fourth-order valence-corrected chi connectivity index (χ4v) is 3.12. The minimum Gasteiger partial charge on any atom is -0.233 e. The van der Waals surface area contributed by atoms with Gasteiger partial charge < -0.3 is 0 Å². The van der Waals surface area contributed by atoms with Gasteiger partial charge in [0.15, 0.2) is 0 Å². The highest BCUT2D eigenvalue weighted by atomic mass is 19.1. The molecule has 1 aromatic heterocycles. The lowest BCUT2D eigenvalue weighted by molar-refractivity contribution is 0.627. The van der Waals surface area contributed by atoms with Crippen LogP contribution >= 0.6 is 0 Å². The third-order valence-corrected chi connectivity index (χ3v) is 4.47. The van der Waals surface area contributed by atoms with Gasteiger partial charge in [0, 0.05) is 5.56 Å². The van der Waals surface area contributed by atoms with Crippen LogP contribution in [0.2, 0.25) is 0 Å². The Morgan fingerprint density at radius 2 is 2.00 bits per heavy atom. The average molecular weight is 322 g/mol. The SMILES string of the molecule is CCC=C(C)C1=CCC(CC)=Cc2c1cnn2-c1ccc(F)cc1. The molecule has 0 amide bonds. The number of halogens is 1. The summed E-state index contributed by atoms with van der Waals surface area (Å²) >= 11 is 0. The molecule has 2 aromatic rings. The molecule has 1 aromatic carbocycles. The molecule has 2 nitrogen and oxygen atoms in total. The lowest BCUT2D eigenvalue weighted by atomic mass is 9.98. The molecule has 0 radical (unpaired) electrons. The first-order valence-corrected chi connectivity index (χ1v) is 8.55. The molecule has 24 heavy (non-hydrogen) atoms. The van der Waals surface area contributed by atoms with Crippen molar-refractivity contribution in [2.45, 2.75) is 40.0 Å². The van der Waals surface area contributed by atoms with E-state index in [1.807, 2.05) is 10.9 Å². The molecule has 1 aliphatic carbocycles. The first kappa shape index (κ1) is 16.4. The number of hydrogen-bond acceptors (Lipinski definition) is 1. The highest BCUT2D eigenvalue weighted by molar-refractivity contribution is 5.84. The molecule has 0 fully saturated rings. The number of benzene rings is 1. The van der Waals surface area contributed by atoms with Gasteiger partial charge in [-0.25, -0.2) is 9.07 Å². The third kappa shape index (κ3) is 3.12. The Morgan fingerprint density at radius 3 is 2.67 bits per heavy atom. The molecule has 0 aliphatic heterocycles. The van der Waals surface area contributed by atoms with Crippen LogP contribution in [0.4, 0.5) is 4.39 Å². The topological polar surface area (TPSA) is 17.8 Å². The zero-order valence-corrected chi connectivity index (χ0v) is 14.5. The summed E-state index contributed by atoms with van der Waals surface area (Å²) in [5.41, 5.74) is 7.00. The summed E-state index contributed by atoms with van der Waals surface area (Å²) in [6.45, 7) is 6.49. The molecular weight excluding hydrogens is 299 g/mol. The van der Waals surface area contributed by atoms with E-state index < -0.39 is 0 Å². The lowest BCUT2D eigenvalue weighted by Crippen LogP contribution is -2.00. The van der Waals surface area contributed by atoms with Gasteiger partial charge in [0.2, 0.25) is 0 Å². The van der Waals surface area contributed by atoms with Crippen LogP contribution in [0.25, 0.3) is 17.3 Å². The molecule has 0 atom stereocenters. The summed E-state index contributed by atoms with van der Waals surface area (Å²) < 4.78 is 15.1. The van der Waals surface area contributed by atoms with E-state index >= 15 is 0 Å². The molecule has 1 aliphatic rings. The molecule has 0 unspecified atom stereocenters. The molecule has 1 heterocycles. The van der Waals surface area contributed by atoms with E-state index in [9.17, 15) is 4.39 Å². The van der Waals surface area contributed by atoms with Gasteiger partial charge in [-0.15, -0.1) is 0 Å². The van der Waals surface area contributed by atoms with E-state index in [-0.39, 0.29) is 5.82 Å². The summed E-state index contributed by atoms with van der Waals surface area (Å²) in [5.74, 6) is -0.232. The van der Waals surface area contributed by atoms with Crippen molar-refractivity contribution >= 4 is 11.6 Å². The molecule has 0 N–H and O–H groups in total. The van der Waals surface area contributed by atoms with Gasteiger partial charge in [-0.3, -0.25) is 0 Å². The van der Waals surface area contributed by atoms with Crippen LogP contribution in [-0.4, -0.2) is 9.78 Å². The Balaban J connectivity index is 2.16. The van der Waals surface area contributed by atoms with Crippen LogP contribution in [0.15, 0.2) is 53.8 Å². The van der Waals surface area contributed by atoms with E-state index in [1.165, 1.54) is 28.9 Å². The van der Waals surface area contributed by atoms with Crippen LogP contribution in [-0.2, 0) is 0 Å². The van der Waals surface area contributed by atoms with Crippen molar-refractivity contribution in [3.63, 3.8) is 0 Å². The first-order chi connectivity index (χ1) is 11.6. The molecule has 0 spiro atoms. The van der Waals surface area contributed by atoms with Crippen molar-refractivity contribution in [2.75, 3.05) is 0 Å². The van der Waals surface area contributed by atoms with Gasteiger partial charge >= 0.3 is 0 Å². The summed E-state index contributed by atoms with van der Waals surface area (Å²) in [6.07, 6.45) is 11.7.